The minimum Gasteiger partial charge on any atom is -0.464 e. The molecule has 1 aliphatic carbocycles. The molecular formula is C8H14N2O2. The maximum Gasteiger partial charge on any atom is 0.422 e. The van der Waals surface area contributed by atoms with Crippen LogP contribution in [0.25, 0.3) is 0 Å². The second-order valence-corrected chi connectivity index (χ2v) is 3.71. The molecule has 0 aromatic carbocycles. The van der Waals surface area contributed by atoms with E-state index in [-0.39, 0.29) is 5.54 Å². The second kappa shape index (κ2) is 2.62. The molecule has 2 aliphatic rings. The molecule has 0 unspecified atom stereocenters. The first-order valence-electron chi connectivity index (χ1n) is 4.51. The van der Waals surface area contributed by atoms with Crippen molar-refractivity contribution in [1.82, 2.24) is 10.4 Å². The maximum absolute atomic E-state index is 10.8. The van der Waals surface area contributed by atoms with Gasteiger partial charge >= 0.3 is 6.09 Å². The SMILES string of the molecule is O=C(O)N1NCCC12CCCC2. The summed E-state index contributed by atoms with van der Waals surface area (Å²) in [6, 6.07) is 0. The number of carbonyl (C=O) groups is 1. The lowest BCUT2D eigenvalue weighted by atomic mass is 9.95. The van der Waals surface area contributed by atoms with Gasteiger partial charge in [0.25, 0.3) is 0 Å². The van der Waals surface area contributed by atoms with E-state index in [1.165, 1.54) is 17.9 Å². The number of rotatable bonds is 0. The molecule has 1 aliphatic heterocycles. The van der Waals surface area contributed by atoms with Crippen LogP contribution in [0.3, 0.4) is 0 Å². The van der Waals surface area contributed by atoms with Crippen LogP contribution in [0.1, 0.15) is 32.1 Å². The Labute approximate surface area is 71.5 Å². The standard InChI is InChI=1S/C8H14N2O2/c11-7(12)10-8(5-6-9-10)3-1-2-4-8/h9H,1-6H2,(H,11,12). The van der Waals surface area contributed by atoms with Crippen LogP contribution in [0.15, 0.2) is 0 Å². The molecule has 2 fully saturated rings. The zero-order valence-electron chi connectivity index (χ0n) is 7.05. The van der Waals surface area contributed by atoms with Gasteiger partial charge in [-0.2, -0.15) is 0 Å². The third-order valence-corrected chi connectivity index (χ3v) is 3.06. The van der Waals surface area contributed by atoms with Gasteiger partial charge in [0.15, 0.2) is 0 Å². The molecule has 0 atom stereocenters. The van der Waals surface area contributed by atoms with Gasteiger partial charge in [-0.05, 0) is 19.3 Å². The van der Waals surface area contributed by atoms with Gasteiger partial charge in [-0.1, -0.05) is 12.8 Å². The van der Waals surface area contributed by atoms with Gasteiger partial charge in [-0.15, -0.1) is 0 Å². The minimum atomic E-state index is -0.825. The predicted molar refractivity (Wildman–Crippen MR) is 43.7 cm³/mol. The van der Waals surface area contributed by atoms with E-state index in [0.717, 1.165) is 25.8 Å². The van der Waals surface area contributed by atoms with Gasteiger partial charge < -0.3 is 5.11 Å². The Morgan fingerprint density at radius 1 is 1.33 bits per heavy atom. The van der Waals surface area contributed by atoms with Crippen molar-refractivity contribution < 1.29 is 9.90 Å². The van der Waals surface area contributed by atoms with E-state index in [1.54, 1.807) is 0 Å². The Bertz CT molecular complexity index is 194. The number of carboxylic acid groups (broad SMARTS) is 1. The number of hydrogen-bond donors (Lipinski definition) is 2. The van der Waals surface area contributed by atoms with Crippen molar-refractivity contribution >= 4 is 6.09 Å². The van der Waals surface area contributed by atoms with Crippen molar-refractivity contribution in [2.45, 2.75) is 37.6 Å². The second-order valence-electron chi connectivity index (χ2n) is 3.71. The van der Waals surface area contributed by atoms with Crippen molar-refractivity contribution in [3.05, 3.63) is 0 Å². The van der Waals surface area contributed by atoms with E-state index in [9.17, 15) is 4.79 Å². The van der Waals surface area contributed by atoms with E-state index >= 15 is 0 Å². The van der Waals surface area contributed by atoms with Crippen molar-refractivity contribution in [3.8, 4) is 0 Å². The van der Waals surface area contributed by atoms with E-state index in [1.807, 2.05) is 0 Å². The summed E-state index contributed by atoms with van der Waals surface area (Å²) in [7, 11) is 0. The van der Waals surface area contributed by atoms with Gasteiger partial charge in [-0.3, -0.25) is 0 Å². The van der Waals surface area contributed by atoms with Gasteiger partial charge in [0.05, 0.1) is 5.54 Å². The third kappa shape index (κ3) is 0.982. The largest absolute Gasteiger partial charge is 0.464 e. The summed E-state index contributed by atoms with van der Waals surface area (Å²) in [5, 5.41) is 10.3. The molecule has 0 bridgehead atoms. The number of nitrogens with zero attached hydrogens (tertiary/aromatic N) is 1. The molecule has 1 saturated carbocycles. The quantitative estimate of drug-likeness (QED) is 0.574. The summed E-state index contributed by atoms with van der Waals surface area (Å²) in [5.74, 6) is 0. The molecular weight excluding hydrogens is 156 g/mol. The topological polar surface area (TPSA) is 52.6 Å². The van der Waals surface area contributed by atoms with Crippen LogP contribution < -0.4 is 5.43 Å². The number of hydrazine groups is 1. The minimum absolute atomic E-state index is 0.0498. The van der Waals surface area contributed by atoms with Crippen LogP contribution in [0.2, 0.25) is 0 Å². The normalized spacial score (nSPS) is 26.8. The lowest BCUT2D eigenvalue weighted by Crippen LogP contribution is -2.49. The summed E-state index contributed by atoms with van der Waals surface area (Å²) < 4.78 is 0. The lowest BCUT2D eigenvalue weighted by Gasteiger charge is -2.31. The molecule has 68 valence electrons. The fourth-order valence-electron chi connectivity index (χ4n) is 2.46. The zero-order chi connectivity index (χ0) is 8.60. The van der Waals surface area contributed by atoms with Crippen LogP contribution >= 0.6 is 0 Å². The Morgan fingerprint density at radius 3 is 2.58 bits per heavy atom. The van der Waals surface area contributed by atoms with E-state index in [2.05, 4.69) is 5.43 Å². The molecule has 1 heterocycles. The first kappa shape index (κ1) is 7.86. The molecule has 12 heavy (non-hydrogen) atoms. The fraction of sp³-hybridized carbons (Fsp3) is 0.875. The van der Waals surface area contributed by atoms with E-state index in [0.29, 0.717) is 0 Å². The zero-order valence-corrected chi connectivity index (χ0v) is 7.05. The Kier molecular flexibility index (Phi) is 1.72. The van der Waals surface area contributed by atoms with Crippen molar-refractivity contribution in [1.29, 1.82) is 0 Å². The highest BCUT2D eigenvalue weighted by atomic mass is 16.4. The van der Waals surface area contributed by atoms with E-state index < -0.39 is 6.09 Å². The number of nitrogens with one attached hydrogen (secondary N) is 1. The van der Waals surface area contributed by atoms with Crippen LogP contribution in [0.4, 0.5) is 4.79 Å². The monoisotopic (exact) mass is 170 g/mol. The molecule has 1 spiro atoms. The Hall–Kier alpha value is -0.770. The highest BCUT2D eigenvalue weighted by Gasteiger charge is 2.45. The third-order valence-electron chi connectivity index (χ3n) is 3.06. The lowest BCUT2D eigenvalue weighted by molar-refractivity contribution is 0.0785. The summed E-state index contributed by atoms with van der Waals surface area (Å²) in [6.45, 7) is 0.812. The highest BCUT2D eigenvalue weighted by molar-refractivity contribution is 5.66. The van der Waals surface area contributed by atoms with Gasteiger partial charge in [-0.25, -0.2) is 15.2 Å². The average Bonchev–Trinajstić information content (AvgIpc) is 2.61. The van der Waals surface area contributed by atoms with Gasteiger partial charge in [0.1, 0.15) is 0 Å². The summed E-state index contributed by atoms with van der Waals surface area (Å²) in [4.78, 5) is 10.8. The summed E-state index contributed by atoms with van der Waals surface area (Å²) >= 11 is 0. The van der Waals surface area contributed by atoms with Gasteiger partial charge in [0, 0.05) is 6.54 Å². The van der Waals surface area contributed by atoms with Crippen LogP contribution in [-0.2, 0) is 0 Å². The number of hydrogen-bond acceptors (Lipinski definition) is 2. The van der Waals surface area contributed by atoms with Crippen LogP contribution in [-0.4, -0.2) is 28.3 Å². The van der Waals surface area contributed by atoms with Gasteiger partial charge in [0.2, 0.25) is 0 Å². The molecule has 1 saturated heterocycles. The molecule has 4 heteroatoms. The Morgan fingerprint density at radius 2 is 2.00 bits per heavy atom. The number of amides is 1. The maximum atomic E-state index is 10.8. The molecule has 0 aromatic rings. The smallest absolute Gasteiger partial charge is 0.422 e. The first-order valence-corrected chi connectivity index (χ1v) is 4.51. The molecule has 0 radical (unpaired) electrons. The van der Waals surface area contributed by atoms with Crippen LogP contribution in [0, 0.1) is 0 Å². The summed E-state index contributed by atoms with van der Waals surface area (Å²) in [5.41, 5.74) is 2.87. The van der Waals surface area contributed by atoms with Crippen LogP contribution in [0.5, 0.6) is 0 Å². The molecule has 2 rings (SSSR count). The molecule has 1 amide bonds. The Balaban J connectivity index is 2.17. The van der Waals surface area contributed by atoms with E-state index in [4.69, 9.17) is 5.11 Å². The molecule has 2 N–H and O–H groups in total. The first-order chi connectivity index (χ1) is 5.75. The fourth-order valence-corrected chi connectivity index (χ4v) is 2.46. The van der Waals surface area contributed by atoms with Crippen molar-refractivity contribution in [2.75, 3.05) is 6.54 Å². The van der Waals surface area contributed by atoms with Crippen molar-refractivity contribution in [2.24, 2.45) is 0 Å². The molecule has 4 nitrogen and oxygen atoms in total. The average molecular weight is 170 g/mol. The highest BCUT2D eigenvalue weighted by Crippen LogP contribution is 2.39. The van der Waals surface area contributed by atoms with Crippen molar-refractivity contribution in [3.63, 3.8) is 0 Å². The molecule has 0 aromatic heterocycles. The predicted octanol–water partition coefficient (Wildman–Crippen LogP) is 1.19. The summed E-state index contributed by atoms with van der Waals surface area (Å²) in [6.07, 6.45) is 4.57.